The molecule has 4 heteroatoms. The lowest BCUT2D eigenvalue weighted by Crippen LogP contribution is -2.30. The third-order valence-electron chi connectivity index (χ3n) is 2.85. The summed E-state index contributed by atoms with van der Waals surface area (Å²) in [5.74, 6) is 1.51. The lowest BCUT2D eigenvalue weighted by molar-refractivity contribution is 0.478. The standard InChI is InChI=1S/C13H19N3S/c1-9(2)13-15-6-7-16(13)12(10(3)14)11-5-4-8-17-11/h4-10,12H,14H2,1-3H3. The lowest BCUT2D eigenvalue weighted by Gasteiger charge is -2.24. The van der Waals surface area contributed by atoms with Gasteiger partial charge in [-0.05, 0) is 18.4 Å². The molecule has 0 spiro atoms. The Bertz CT molecular complexity index is 457. The van der Waals surface area contributed by atoms with E-state index in [2.05, 4.69) is 47.8 Å². The highest BCUT2D eigenvalue weighted by molar-refractivity contribution is 7.10. The Morgan fingerprint density at radius 1 is 1.35 bits per heavy atom. The topological polar surface area (TPSA) is 43.8 Å². The summed E-state index contributed by atoms with van der Waals surface area (Å²) in [4.78, 5) is 5.73. The first-order valence-corrected chi connectivity index (χ1v) is 6.81. The molecular weight excluding hydrogens is 230 g/mol. The van der Waals surface area contributed by atoms with Crippen molar-refractivity contribution in [3.05, 3.63) is 40.6 Å². The summed E-state index contributed by atoms with van der Waals surface area (Å²) >= 11 is 1.75. The number of hydrogen-bond acceptors (Lipinski definition) is 3. The maximum Gasteiger partial charge on any atom is 0.111 e. The van der Waals surface area contributed by atoms with Crippen LogP contribution in [0.2, 0.25) is 0 Å². The Morgan fingerprint density at radius 3 is 2.65 bits per heavy atom. The molecule has 2 atom stereocenters. The number of aromatic nitrogens is 2. The first-order valence-electron chi connectivity index (χ1n) is 5.93. The van der Waals surface area contributed by atoms with Gasteiger partial charge in [0.25, 0.3) is 0 Å². The summed E-state index contributed by atoms with van der Waals surface area (Å²) in [7, 11) is 0. The van der Waals surface area contributed by atoms with Crippen LogP contribution in [0.5, 0.6) is 0 Å². The predicted molar refractivity (Wildman–Crippen MR) is 72.4 cm³/mol. The molecule has 0 fully saturated rings. The maximum absolute atomic E-state index is 6.15. The van der Waals surface area contributed by atoms with Crippen molar-refractivity contribution in [1.29, 1.82) is 0 Å². The fourth-order valence-corrected chi connectivity index (χ4v) is 3.06. The van der Waals surface area contributed by atoms with Crippen LogP contribution in [0.15, 0.2) is 29.9 Å². The highest BCUT2D eigenvalue weighted by Crippen LogP contribution is 2.28. The van der Waals surface area contributed by atoms with Crippen LogP contribution in [0, 0.1) is 0 Å². The van der Waals surface area contributed by atoms with Gasteiger partial charge in [0, 0.05) is 29.2 Å². The summed E-state index contributed by atoms with van der Waals surface area (Å²) in [6.07, 6.45) is 3.89. The van der Waals surface area contributed by atoms with Gasteiger partial charge in [-0.25, -0.2) is 4.98 Å². The van der Waals surface area contributed by atoms with E-state index in [0.717, 1.165) is 5.82 Å². The van der Waals surface area contributed by atoms with Gasteiger partial charge in [-0.15, -0.1) is 11.3 Å². The maximum atomic E-state index is 6.15. The van der Waals surface area contributed by atoms with Crippen molar-refractivity contribution >= 4 is 11.3 Å². The Morgan fingerprint density at radius 2 is 2.12 bits per heavy atom. The van der Waals surface area contributed by atoms with Gasteiger partial charge in [0.15, 0.2) is 0 Å². The van der Waals surface area contributed by atoms with Crippen molar-refractivity contribution in [2.45, 2.75) is 38.8 Å². The van der Waals surface area contributed by atoms with E-state index in [1.165, 1.54) is 4.88 Å². The first kappa shape index (κ1) is 12.3. The van der Waals surface area contributed by atoms with E-state index in [1.54, 1.807) is 11.3 Å². The van der Waals surface area contributed by atoms with Crippen LogP contribution >= 0.6 is 11.3 Å². The highest BCUT2D eigenvalue weighted by Gasteiger charge is 2.22. The largest absolute Gasteiger partial charge is 0.326 e. The summed E-state index contributed by atoms with van der Waals surface area (Å²) in [6, 6.07) is 4.47. The zero-order valence-corrected chi connectivity index (χ0v) is 11.3. The van der Waals surface area contributed by atoms with E-state index in [0.29, 0.717) is 5.92 Å². The van der Waals surface area contributed by atoms with Gasteiger partial charge in [0.1, 0.15) is 5.82 Å². The molecule has 3 nitrogen and oxygen atoms in total. The molecule has 0 aliphatic heterocycles. The second kappa shape index (κ2) is 5.02. The van der Waals surface area contributed by atoms with E-state index < -0.39 is 0 Å². The lowest BCUT2D eigenvalue weighted by atomic mass is 10.1. The molecule has 0 amide bonds. The van der Waals surface area contributed by atoms with Gasteiger partial charge in [-0.1, -0.05) is 19.9 Å². The summed E-state index contributed by atoms with van der Waals surface area (Å²) < 4.78 is 2.21. The monoisotopic (exact) mass is 249 g/mol. The number of imidazole rings is 1. The first-order chi connectivity index (χ1) is 8.11. The Kier molecular flexibility index (Phi) is 3.64. The second-order valence-electron chi connectivity index (χ2n) is 4.67. The van der Waals surface area contributed by atoms with Crippen molar-refractivity contribution in [1.82, 2.24) is 9.55 Å². The summed E-state index contributed by atoms with van der Waals surface area (Å²) in [5, 5.41) is 2.09. The Hall–Kier alpha value is -1.13. The fourth-order valence-electron chi connectivity index (χ4n) is 2.12. The zero-order chi connectivity index (χ0) is 12.4. The molecule has 2 aromatic rings. The van der Waals surface area contributed by atoms with E-state index in [-0.39, 0.29) is 12.1 Å². The normalized spacial score (nSPS) is 15.1. The molecule has 2 unspecified atom stereocenters. The van der Waals surface area contributed by atoms with Crippen molar-refractivity contribution in [3.8, 4) is 0 Å². The van der Waals surface area contributed by atoms with Gasteiger partial charge in [0.05, 0.1) is 6.04 Å². The van der Waals surface area contributed by atoms with Crippen molar-refractivity contribution in [2.24, 2.45) is 5.73 Å². The summed E-state index contributed by atoms with van der Waals surface area (Å²) in [5.41, 5.74) is 6.15. The molecule has 92 valence electrons. The number of thiophene rings is 1. The van der Waals surface area contributed by atoms with Crippen molar-refractivity contribution in [2.75, 3.05) is 0 Å². The minimum Gasteiger partial charge on any atom is -0.326 e. The molecule has 17 heavy (non-hydrogen) atoms. The van der Waals surface area contributed by atoms with Gasteiger partial charge < -0.3 is 10.3 Å². The minimum absolute atomic E-state index is 0.0698. The molecule has 0 bridgehead atoms. The molecule has 2 rings (SSSR count). The molecular formula is C13H19N3S. The van der Waals surface area contributed by atoms with E-state index in [4.69, 9.17) is 5.73 Å². The van der Waals surface area contributed by atoms with Gasteiger partial charge >= 0.3 is 0 Å². The van der Waals surface area contributed by atoms with Crippen molar-refractivity contribution in [3.63, 3.8) is 0 Å². The smallest absolute Gasteiger partial charge is 0.111 e. The van der Waals surface area contributed by atoms with Crippen LogP contribution in [-0.4, -0.2) is 15.6 Å². The van der Waals surface area contributed by atoms with E-state index in [1.807, 2.05) is 12.4 Å². The molecule has 0 radical (unpaired) electrons. The highest BCUT2D eigenvalue weighted by atomic mass is 32.1. The fraction of sp³-hybridized carbons (Fsp3) is 0.462. The molecule has 0 aliphatic rings. The van der Waals surface area contributed by atoms with E-state index >= 15 is 0 Å². The van der Waals surface area contributed by atoms with Gasteiger partial charge in [-0.3, -0.25) is 0 Å². The number of nitrogens with zero attached hydrogens (tertiary/aromatic N) is 2. The zero-order valence-electron chi connectivity index (χ0n) is 10.5. The SMILES string of the molecule is CC(C)c1nccn1C(c1cccs1)C(C)N. The van der Waals surface area contributed by atoms with Crippen LogP contribution in [0.3, 0.4) is 0 Å². The average molecular weight is 249 g/mol. The van der Waals surface area contributed by atoms with E-state index in [9.17, 15) is 0 Å². The summed E-state index contributed by atoms with van der Waals surface area (Å²) in [6.45, 7) is 6.37. The quantitative estimate of drug-likeness (QED) is 0.905. The molecule has 2 N–H and O–H groups in total. The number of rotatable bonds is 4. The molecule has 0 aromatic carbocycles. The van der Waals surface area contributed by atoms with Crippen LogP contribution in [-0.2, 0) is 0 Å². The Balaban J connectivity index is 2.43. The van der Waals surface area contributed by atoms with Crippen LogP contribution in [0.25, 0.3) is 0 Å². The second-order valence-corrected chi connectivity index (χ2v) is 5.65. The third-order valence-corrected chi connectivity index (χ3v) is 3.79. The predicted octanol–water partition coefficient (Wildman–Crippen LogP) is 3.00. The van der Waals surface area contributed by atoms with Gasteiger partial charge in [-0.2, -0.15) is 0 Å². The molecule has 0 saturated carbocycles. The molecule has 2 aromatic heterocycles. The Labute approximate surface area is 106 Å². The average Bonchev–Trinajstić information content (AvgIpc) is 2.87. The third kappa shape index (κ3) is 2.42. The van der Waals surface area contributed by atoms with Crippen LogP contribution in [0.1, 0.15) is 43.4 Å². The van der Waals surface area contributed by atoms with Crippen molar-refractivity contribution < 1.29 is 0 Å². The molecule has 0 aliphatic carbocycles. The minimum atomic E-state index is 0.0698. The van der Waals surface area contributed by atoms with Crippen LogP contribution < -0.4 is 5.73 Å². The number of hydrogen-bond donors (Lipinski definition) is 1. The number of nitrogens with two attached hydrogens (primary N) is 1. The molecule has 0 saturated heterocycles. The van der Waals surface area contributed by atoms with Crippen LogP contribution in [0.4, 0.5) is 0 Å². The molecule has 2 heterocycles. The van der Waals surface area contributed by atoms with Gasteiger partial charge in [0.2, 0.25) is 0 Å².